The van der Waals surface area contributed by atoms with Crippen LogP contribution in [-0.2, 0) is 4.74 Å². The number of morpholine rings is 1. The van der Waals surface area contributed by atoms with Crippen molar-refractivity contribution < 1.29 is 4.74 Å². The number of ether oxygens (including phenoxy) is 1. The Balaban J connectivity index is 1.80. The molecule has 0 bridgehead atoms. The van der Waals surface area contributed by atoms with E-state index in [0.29, 0.717) is 18.9 Å². The van der Waals surface area contributed by atoms with Gasteiger partial charge in [-0.3, -0.25) is 0 Å². The van der Waals surface area contributed by atoms with Gasteiger partial charge in [-0.15, -0.1) is 6.58 Å². The number of aromatic nitrogens is 2. The first-order chi connectivity index (χ1) is 18.7. The third-order valence-corrected chi connectivity index (χ3v) is 6.18. The monoisotopic (exact) mass is 531 g/mol. The predicted octanol–water partition coefficient (Wildman–Crippen LogP) is 7.15. The highest BCUT2D eigenvalue weighted by Gasteiger charge is 2.11. The molecule has 200 valence electrons. The van der Waals surface area contributed by atoms with E-state index in [0.717, 1.165) is 55.3 Å². The molecule has 1 saturated heterocycles. The van der Waals surface area contributed by atoms with Gasteiger partial charge in [0.25, 0.3) is 0 Å². The van der Waals surface area contributed by atoms with Gasteiger partial charge in [0, 0.05) is 48.9 Å². The average molecular weight is 532 g/mol. The van der Waals surface area contributed by atoms with Crippen LogP contribution in [0.2, 0.25) is 0 Å². The smallest absolute Gasteiger partial charge is 0.227 e. The van der Waals surface area contributed by atoms with Crippen molar-refractivity contribution in [3.8, 4) is 0 Å². The molecule has 1 fully saturated rings. The number of hydrogen-bond donors (Lipinski definition) is 2. The third-order valence-electron chi connectivity index (χ3n) is 6.05. The quantitative estimate of drug-likeness (QED) is 0.162. The molecule has 7 heteroatoms. The number of benzene rings is 1. The Morgan fingerprint density at radius 3 is 2.66 bits per heavy atom. The van der Waals surface area contributed by atoms with Crippen molar-refractivity contribution in [2.24, 2.45) is 0 Å². The van der Waals surface area contributed by atoms with Crippen LogP contribution in [0.15, 0.2) is 102 Å². The highest BCUT2D eigenvalue weighted by atomic mass is 35.5. The molecule has 38 heavy (non-hydrogen) atoms. The highest BCUT2D eigenvalue weighted by molar-refractivity contribution is 6.25. The molecule has 0 unspecified atom stereocenters. The van der Waals surface area contributed by atoms with Crippen LogP contribution in [0.25, 0.3) is 5.57 Å². The van der Waals surface area contributed by atoms with E-state index in [9.17, 15) is 0 Å². The summed E-state index contributed by atoms with van der Waals surface area (Å²) >= 11 is 5.92. The zero-order valence-electron chi connectivity index (χ0n) is 22.4. The van der Waals surface area contributed by atoms with Crippen LogP contribution >= 0.6 is 11.6 Å². The molecule has 0 amide bonds. The van der Waals surface area contributed by atoms with Crippen molar-refractivity contribution in [1.29, 1.82) is 0 Å². The number of rotatable bonds is 13. The van der Waals surface area contributed by atoms with Crippen molar-refractivity contribution >= 4 is 34.5 Å². The fraction of sp³-hybridized carbons (Fsp3) is 0.290. The predicted molar refractivity (Wildman–Crippen MR) is 162 cm³/mol. The molecule has 2 heterocycles. The van der Waals surface area contributed by atoms with Crippen LogP contribution in [0.5, 0.6) is 0 Å². The lowest BCUT2D eigenvalue weighted by molar-refractivity contribution is 0.122. The molecule has 1 aliphatic heterocycles. The zero-order valence-corrected chi connectivity index (χ0v) is 23.1. The summed E-state index contributed by atoms with van der Waals surface area (Å²) in [6.07, 6.45) is 17.5. The lowest BCUT2D eigenvalue weighted by Gasteiger charge is -2.28. The molecule has 1 aliphatic rings. The third kappa shape index (κ3) is 9.05. The summed E-state index contributed by atoms with van der Waals surface area (Å²) in [5.74, 6) is 0.551. The van der Waals surface area contributed by atoms with Crippen molar-refractivity contribution in [3.63, 3.8) is 0 Å². The van der Waals surface area contributed by atoms with Crippen LogP contribution in [-0.4, -0.2) is 42.8 Å². The Bertz CT molecular complexity index is 1180. The maximum absolute atomic E-state index is 5.92. The van der Waals surface area contributed by atoms with E-state index in [1.165, 1.54) is 11.3 Å². The normalized spacial score (nSPS) is 15.3. The molecular formula is C31H38ClN5O. The maximum atomic E-state index is 5.92. The Kier molecular flexibility index (Phi) is 12.4. The van der Waals surface area contributed by atoms with Gasteiger partial charge >= 0.3 is 0 Å². The van der Waals surface area contributed by atoms with Crippen LogP contribution in [0.1, 0.15) is 32.4 Å². The molecule has 6 nitrogen and oxygen atoms in total. The second kappa shape index (κ2) is 16.3. The number of hydrogen-bond acceptors (Lipinski definition) is 6. The van der Waals surface area contributed by atoms with Gasteiger partial charge in [0.05, 0.1) is 18.9 Å². The van der Waals surface area contributed by atoms with E-state index in [2.05, 4.69) is 70.4 Å². The van der Waals surface area contributed by atoms with E-state index >= 15 is 0 Å². The van der Waals surface area contributed by atoms with Crippen LogP contribution in [0.4, 0.5) is 17.3 Å². The van der Waals surface area contributed by atoms with Crippen molar-refractivity contribution in [2.45, 2.75) is 26.7 Å². The van der Waals surface area contributed by atoms with Crippen molar-refractivity contribution in [3.05, 3.63) is 108 Å². The molecule has 0 atom stereocenters. The standard InChI is InChI=1S/C31H38ClN5O/c1-4-7-8-26(15-17-32)25(6-3)9-10-27(24-33-18-5-2)30-16-19-34-31(36-30)35-28-11-13-29(14-12-28)37-20-22-38-23-21-37/h4-5,7-9,11-17,19,24,33H,2,6,10,18,20-23H2,1,3H3,(H,34,35,36)/b7-4-,17-15+,25-9+,26-8+,27-24+. The minimum atomic E-state index is 0.551. The molecule has 1 aromatic heterocycles. The fourth-order valence-electron chi connectivity index (χ4n) is 4.04. The zero-order chi connectivity index (χ0) is 27.0. The van der Waals surface area contributed by atoms with Gasteiger partial charge in [0.2, 0.25) is 5.95 Å². The summed E-state index contributed by atoms with van der Waals surface area (Å²) in [5.41, 5.74) is 7.88. The number of nitrogens with zero attached hydrogens (tertiary/aromatic N) is 3. The Hall–Kier alpha value is -3.61. The van der Waals surface area contributed by atoms with Gasteiger partial charge in [-0.25, -0.2) is 9.97 Å². The Morgan fingerprint density at radius 2 is 1.97 bits per heavy atom. The molecule has 0 aliphatic carbocycles. The second-order valence-electron chi connectivity index (χ2n) is 8.63. The first kappa shape index (κ1) is 29.0. The number of allylic oxidation sites excluding steroid dienone is 8. The molecule has 2 N–H and O–H groups in total. The van der Waals surface area contributed by atoms with Crippen molar-refractivity contribution in [1.82, 2.24) is 15.3 Å². The van der Waals surface area contributed by atoms with Gasteiger partial charge < -0.3 is 20.3 Å². The first-order valence-corrected chi connectivity index (χ1v) is 13.5. The SMILES string of the molecule is C=CCN/C=C(\C/C=C(CC)/C(/C=C/Cl)=C/C=C\C)c1ccnc(Nc2ccc(N3CCOCC3)cc2)n1. The molecular weight excluding hydrogens is 494 g/mol. The maximum Gasteiger partial charge on any atom is 0.227 e. The summed E-state index contributed by atoms with van der Waals surface area (Å²) in [5, 5.41) is 6.65. The van der Waals surface area contributed by atoms with E-state index in [1.54, 1.807) is 11.7 Å². The first-order valence-electron chi connectivity index (χ1n) is 13.0. The second-order valence-corrected chi connectivity index (χ2v) is 8.88. The lowest BCUT2D eigenvalue weighted by atomic mass is 9.99. The van der Waals surface area contributed by atoms with E-state index in [1.807, 2.05) is 43.5 Å². The minimum Gasteiger partial charge on any atom is -0.387 e. The Morgan fingerprint density at radius 1 is 1.18 bits per heavy atom. The summed E-state index contributed by atoms with van der Waals surface area (Å²) in [7, 11) is 0. The van der Waals surface area contributed by atoms with E-state index in [4.69, 9.17) is 21.3 Å². The lowest BCUT2D eigenvalue weighted by Crippen LogP contribution is -2.36. The highest BCUT2D eigenvalue weighted by Crippen LogP contribution is 2.24. The summed E-state index contributed by atoms with van der Waals surface area (Å²) < 4.78 is 5.46. The van der Waals surface area contributed by atoms with Gasteiger partial charge in [-0.1, -0.05) is 48.9 Å². The molecule has 0 saturated carbocycles. The Labute approximate surface area is 232 Å². The van der Waals surface area contributed by atoms with Gasteiger partial charge in [0.15, 0.2) is 0 Å². The number of halogens is 1. The summed E-state index contributed by atoms with van der Waals surface area (Å²) in [6.45, 7) is 12.0. The summed E-state index contributed by atoms with van der Waals surface area (Å²) in [6, 6.07) is 10.3. The number of nitrogens with one attached hydrogen (secondary N) is 2. The minimum absolute atomic E-state index is 0.551. The molecule has 0 spiro atoms. The molecule has 1 aromatic carbocycles. The molecule has 2 aromatic rings. The van der Waals surface area contributed by atoms with Crippen LogP contribution < -0.4 is 15.5 Å². The van der Waals surface area contributed by atoms with Gasteiger partial charge in [-0.2, -0.15) is 0 Å². The average Bonchev–Trinajstić information content (AvgIpc) is 2.96. The number of anilines is 3. The largest absolute Gasteiger partial charge is 0.387 e. The van der Waals surface area contributed by atoms with E-state index in [-0.39, 0.29) is 0 Å². The van der Waals surface area contributed by atoms with Gasteiger partial charge in [-0.05, 0) is 72.9 Å². The fourth-order valence-corrected chi connectivity index (χ4v) is 4.18. The molecule has 0 radical (unpaired) electrons. The summed E-state index contributed by atoms with van der Waals surface area (Å²) in [4.78, 5) is 11.6. The topological polar surface area (TPSA) is 62.3 Å². The van der Waals surface area contributed by atoms with Crippen molar-refractivity contribution in [2.75, 3.05) is 43.1 Å². The van der Waals surface area contributed by atoms with E-state index < -0.39 is 0 Å². The molecule has 3 rings (SSSR count). The van der Waals surface area contributed by atoms with Crippen LogP contribution in [0.3, 0.4) is 0 Å². The van der Waals surface area contributed by atoms with Gasteiger partial charge in [0.1, 0.15) is 0 Å². The van der Waals surface area contributed by atoms with Crippen LogP contribution in [0, 0.1) is 0 Å².